The molecule has 0 unspecified atom stereocenters. The molecule has 0 aliphatic carbocycles. The van der Waals surface area contributed by atoms with Crippen molar-refractivity contribution in [2.24, 2.45) is 0 Å². The van der Waals surface area contributed by atoms with Gasteiger partial charge in [-0.15, -0.1) is 0 Å². The molecule has 19 heavy (non-hydrogen) atoms. The van der Waals surface area contributed by atoms with Crippen LogP contribution in [0.15, 0.2) is 48.5 Å². The Morgan fingerprint density at radius 1 is 0.737 bits per heavy atom. The Morgan fingerprint density at radius 3 is 2.05 bits per heavy atom. The molecular formula is C17H20N2. The van der Waals surface area contributed by atoms with E-state index < -0.39 is 0 Å². The maximum Gasteiger partial charge on any atom is 0.0904 e. The first-order chi connectivity index (χ1) is 9.25. The van der Waals surface area contributed by atoms with Crippen molar-refractivity contribution < 1.29 is 0 Å². The summed E-state index contributed by atoms with van der Waals surface area (Å²) in [6.07, 6.45) is 0. The lowest BCUT2D eigenvalue weighted by Gasteiger charge is -2.24. The minimum absolute atomic E-state index is 0.982. The maximum atomic E-state index is 2.48. The van der Waals surface area contributed by atoms with Crippen LogP contribution in [-0.4, -0.2) is 19.8 Å². The molecule has 0 aromatic heterocycles. The topological polar surface area (TPSA) is 6.48 Å². The van der Waals surface area contributed by atoms with E-state index in [4.69, 9.17) is 0 Å². The summed E-state index contributed by atoms with van der Waals surface area (Å²) in [5.41, 5.74) is 5.46. The fourth-order valence-corrected chi connectivity index (χ4v) is 2.93. The third-order valence-electron chi connectivity index (χ3n) is 3.86. The van der Waals surface area contributed by atoms with Crippen LogP contribution in [0.5, 0.6) is 0 Å². The van der Waals surface area contributed by atoms with Gasteiger partial charge in [0.25, 0.3) is 0 Å². The number of anilines is 2. The summed E-state index contributed by atoms with van der Waals surface area (Å²) in [6.45, 7) is 7.58. The first-order valence-corrected chi connectivity index (χ1v) is 6.87. The van der Waals surface area contributed by atoms with E-state index in [1.165, 1.54) is 22.5 Å². The van der Waals surface area contributed by atoms with Crippen LogP contribution in [0.25, 0.3) is 0 Å². The van der Waals surface area contributed by atoms with E-state index in [0.717, 1.165) is 19.8 Å². The average molecular weight is 252 g/mol. The third-order valence-corrected chi connectivity index (χ3v) is 3.86. The number of aryl methyl sites for hydroxylation is 2. The predicted octanol–water partition coefficient (Wildman–Crippen LogP) is 3.59. The minimum atomic E-state index is 0.982. The van der Waals surface area contributed by atoms with Crippen LogP contribution in [0.3, 0.4) is 0 Å². The van der Waals surface area contributed by atoms with E-state index in [-0.39, 0.29) is 0 Å². The Labute approximate surface area is 115 Å². The standard InChI is InChI=1S/C17H20N2/c1-14-7-6-8-15(2)17(14)19-12-11-18(13-19)16-9-4-3-5-10-16/h3-10H,11-13H2,1-2H3. The summed E-state index contributed by atoms with van der Waals surface area (Å²) >= 11 is 0. The Hall–Kier alpha value is -1.96. The van der Waals surface area contributed by atoms with E-state index in [2.05, 4.69) is 72.2 Å². The first kappa shape index (κ1) is 12.1. The highest BCUT2D eigenvalue weighted by Crippen LogP contribution is 2.28. The van der Waals surface area contributed by atoms with Crippen molar-refractivity contribution in [2.45, 2.75) is 13.8 Å². The van der Waals surface area contributed by atoms with Crippen LogP contribution in [0.1, 0.15) is 11.1 Å². The maximum absolute atomic E-state index is 2.48. The normalized spacial score (nSPS) is 15.1. The molecule has 0 bridgehead atoms. The van der Waals surface area contributed by atoms with Gasteiger partial charge in [-0.1, -0.05) is 36.4 Å². The largest absolute Gasteiger partial charge is 0.352 e. The zero-order valence-corrected chi connectivity index (χ0v) is 11.6. The molecule has 0 atom stereocenters. The highest BCUT2D eigenvalue weighted by Gasteiger charge is 2.22. The quantitative estimate of drug-likeness (QED) is 0.806. The molecule has 2 heteroatoms. The summed E-state index contributed by atoms with van der Waals surface area (Å²) in [5, 5.41) is 0. The number of hydrogen-bond acceptors (Lipinski definition) is 2. The summed E-state index contributed by atoms with van der Waals surface area (Å²) < 4.78 is 0. The number of benzene rings is 2. The van der Waals surface area contributed by atoms with Gasteiger partial charge in [-0.3, -0.25) is 0 Å². The Morgan fingerprint density at radius 2 is 1.37 bits per heavy atom. The zero-order chi connectivity index (χ0) is 13.2. The molecule has 1 aliphatic rings. The highest BCUT2D eigenvalue weighted by molar-refractivity contribution is 5.62. The summed E-state index contributed by atoms with van der Waals surface area (Å²) in [7, 11) is 0. The second-order valence-corrected chi connectivity index (χ2v) is 5.24. The lowest BCUT2D eigenvalue weighted by Crippen LogP contribution is -2.25. The Balaban J connectivity index is 1.83. The lowest BCUT2D eigenvalue weighted by atomic mass is 10.1. The van der Waals surface area contributed by atoms with Crippen molar-refractivity contribution in [3.05, 3.63) is 59.7 Å². The molecular weight excluding hydrogens is 232 g/mol. The molecule has 98 valence electrons. The third kappa shape index (κ3) is 2.30. The van der Waals surface area contributed by atoms with Gasteiger partial charge in [-0.2, -0.15) is 0 Å². The number of rotatable bonds is 2. The van der Waals surface area contributed by atoms with Crippen molar-refractivity contribution in [2.75, 3.05) is 29.6 Å². The molecule has 0 radical (unpaired) electrons. The molecule has 0 saturated carbocycles. The van der Waals surface area contributed by atoms with Crippen molar-refractivity contribution in [1.29, 1.82) is 0 Å². The highest BCUT2D eigenvalue weighted by atomic mass is 15.4. The van der Waals surface area contributed by atoms with Crippen LogP contribution in [0.4, 0.5) is 11.4 Å². The summed E-state index contributed by atoms with van der Waals surface area (Å²) in [5.74, 6) is 0. The van der Waals surface area contributed by atoms with Gasteiger partial charge in [-0.25, -0.2) is 0 Å². The molecule has 2 nitrogen and oxygen atoms in total. The van der Waals surface area contributed by atoms with Crippen LogP contribution in [0, 0.1) is 13.8 Å². The van der Waals surface area contributed by atoms with Gasteiger partial charge >= 0.3 is 0 Å². The zero-order valence-electron chi connectivity index (χ0n) is 11.6. The van der Waals surface area contributed by atoms with E-state index in [9.17, 15) is 0 Å². The second kappa shape index (κ2) is 4.96. The molecule has 1 saturated heterocycles. The van der Waals surface area contributed by atoms with E-state index >= 15 is 0 Å². The van der Waals surface area contributed by atoms with Crippen LogP contribution < -0.4 is 9.80 Å². The average Bonchev–Trinajstić information content (AvgIpc) is 2.89. The van der Waals surface area contributed by atoms with Crippen molar-refractivity contribution in [3.63, 3.8) is 0 Å². The minimum Gasteiger partial charge on any atom is -0.352 e. The van der Waals surface area contributed by atoms with Crippen LogP contribution >= 0.6 is 0 Å². The Bertz CT molecular complexity index is 542. The first-order valence-electron chi connectivity index (χ1n) is 6.87. The molecule has 0 N–H and O–H groups in total. The van der Waals surface area contributed by atoms with Crippen LogP contribution in [0.2, 0.25) is 0 Å². The molecule has 0 spiro atoms. The van der Waals surface area contributed by atoms with E-state index in [0.29, 0.717) is 0 Å². The fraction of sp³-hybridized carbons (Fsp3) is 0.294. The predicted molar refractivity (Wildman–Crippen MR) is 81.9 cm³/mol. The fourth-order valence-electron chi connectivity index (χ4n) is 2.93. The summed E-state index contributed by atoms with van der Waals surface area (Å²) in [4.78, 5) is 4.92. The van der Waals surface area contributed by atoms with Crippen molar-refractivity contribution in [3.8, 4) is 0 Å². The second-order valence-electron chi connectivity index (χ2n) is 5.24. The summed E-state index contributed by atoms with van der Waals surface area (Å²) in [6, 6.07) is 17.2. The number of para-hydroxylation sites is 2. The molecule has 2 aromatic rings. The lowest BCUT2D eigenvalue weighted by molar-refractivity contribution is 0.939. The smallest absolute Gasteiger partial charge is 0.0904 e. The molecule has 0 amide bonds. The van der Waals surface area contributed by atoms with E-state index in [1.54, 1.807) is 0 Å². The van der Waals surface area contributed by atoms with E-state index in [1.807, 2.05) is 0 Å². The molecule has 2 aromatic carbocycles. The van der Waals surface area contributed by atoms with Gasteiger partial charge in [0.15, 0.2) is 0 Å². The SMILES string of the molecule is Cc1cccc(C)c1N1CCN(c2ccccc2)C1. The van der Waals surface area contributed by atoms with Crippen molar-refractivity contribution >= 4 is 11.4 Å². The molecule has 3 rings (SSSR count). The Kier molecular flexibility index (Phi) is 3.16. The molecule has 1 aliphatic heterocycles. The molecule has 1 fully saturated rings. The number of nitrogens with zero attached hydrogens (tertiary/aromatic N) is 2. The van der Waals surface area contributed by atoms with Gasteiger partial charge in [0, 0.05) is 24.5 Å². The van der Waals surface area contributed by atoms with Crippen molar-refractivity contribution in [1.82, 2.24) is 0 Å². The van der Waals surface area contributed by atoms with Gasteiger partial charge in [0.1, 0.15) is 0 Å². The van der Waals surface area contributed by atoms with Gasteiger partial charge in [0.05, 0.1) is 6.67 Å². The number of hydrogen-bond donors (Lipinski definition) is 0. The van der Waals surface area contributed by atoms with Gasteiger partial charge < -0.3 is 9.80 Å². The monoisotopic (exact) mass is 252 g/mol. The van der Waals surface area contributed by atoms with Gasteiger partial charge in [-0.05, 0) is 37.1 Å². The molecule has 1 heterocycles. The van der Waals surface area contributed by atoms with Gasteiger partial charge in [0.2, 0.25) is 0 Å². The van der Waals surface area contributed by atoms with Crippen LogP contribution in [-0.2, 0) is 0 Å².